The number of nitrogens with one attached hydrogen (secondary N) is 1. The van der Waals surface area contributed by atoms with Gasteiger partial charge in [0.25, 0.3) is 0 Å². The fourth-order valence-corrected chi connectivity index (χ4v) is 10.3. The summed E-state index contributed by atoms with van der Waals surface area (Å²) in [6.07, 6.45) is 80.2. The molecule has 0 radical (unpaired) electrons. The molecule has 6 nitrogen and oxygen atoms in total. The lowest BCUT2D eigenvalue weighted by atomic mass is 10.0. The molecule has 0 rings (SSSR count). The second-order valence-electron chi connectivity index (χ2n) is 22.8. The lowest BCUT2D eigenvalue weighted by molar-refractivity contribution is -0.143. The molecule has 0 aliphatic rings. The van der Waals surface area contributed by atoms with Crippen LogP contribution in [0.1, 0.15) is 361 Å². The molecule has 3 N–H and O–H groups in total. The quantitative estimate of drug-likeness (QED) is 0.0320. The zero-order valence-corrected chi connectivity index (χ0v) is 49.8. The van der Waals surface area contributed by atoms with Gasteiger partial charge in [-0.1, -0.05) is 301 Å². The largest absolute Gasteiger partial charge is 0.466 e. The van der Waals surface area contributed by atoms with Crippen LogP contribution in [0.5, 0.6) is 0 Å². The molecule has 0 aromatic carbocycles. The summed E-state index contributed by atoms with van der Waals surface area (Å²) in [5.74, 6) is -0.0427. The van der Waals surface area contributed by atoms with Crippen LogP contribution in [0.2, 0.25) is 0 Å². The van der Waals surface area contributed by atoms with E-state index >= 15 is 0 Å². The normalized spacial score (nSPS) is 12.8. The monoisotopic (exact) mass is 1040 g/mol. The van der Waals surface area contributed by atoms with Gasteiger partial charge in [0.1, 0.15) is 0 Å². The number of hydrogen-bond donors (Lipinski definition) is 3. The number of aliphatic hydroxyl groups excluding tert-OH is 2. The summed E-state index contributed by atoms with van der Waals surface area (Å²) in [5.41, 5.74) is 0. The molecule has 436 valence electrons. The van der Waals surface area contributed by atoms with Gasteiger partial charge in [0.15, 0.2) is 0 Å². The maximum absolute atomic E-state index is 12.5. The molecular formula is C68H129NO5. The summed E-state index contributed by atoms with van der Waals surface area (Å²) in [6, 6.07) is -0.548. The minimum Gasteiger partial charge on any atom is -0.466 e. The molecule has 2 unspecified atom stereocenters. The lowest BCUT2D eigenvalue weighted by Gasteiger charge is -2.22. The van der Waals surface area contributed by atoms with Crippen molar-refractivity contribution in [2.45, 2.75) is 373 Å². The predicted octanol–water partition coefficient (Wildman–Crippen LogP) is 21.1. The Labute approximate surface area is 462 Å². The van der Waals surface area contributed by atoms with Crippen LogP contribution in [0.4, 0.5) is 0 Å². The van der Waals surface area contributed by atoms with Gasteiger partial charge in [-0.2, -0.15) is 0 Å². The molecule has 1 amide bonds. The predicted molar refractivity (Wildman–Crippen MR) is 324 cm³/mol. The van der Waals surface area contributed by atoms with E-state index in [1.807, 2.05) is 0 Å². The minimum atomic E-state index is -0.670. The molecule has 6 heteroatoms. The van der Waals surface area contributed by atoms with Gasteiger partial charge in [-0.05, 0) is 83.5 Å². The maximum Gasteiger partial charge on any atom is 0.305 e. The first-order valence-corrected chi connectivity index (χ1v) is 33.2. The fourth-order valence-electron chi connectivity index (χ4n) is 10.3. The van der Waals surface area contributed by atoms with Crippen LogP contribution in [0.3, 0.4) is 0 Å². The van der Waals surface area contributed by atoms with E-state index in [0.717, 1.165) is 51.4 Å². The Balaban J connectivity index is 3.42. The van der Waals surface area contributed by atoms with Crippen molar-refractivity contribution in [1.82, 2.24) is 5.32 Å². The van der Waals surface area contributed by atoms with E-state index in [1.165, 1.54) is 276 Å². The molecule has 0 spiro atoms. The standard InChI is InChI=1S/C68H129NO5/c1-3-5-7-9-11-13-15-17-19-20-21-26-29-33-36-40-44-48-52-56-60-66(71)65(64-70)69-67(72)61-57-53-49-45-41-37-34-30-27-24-22-23-25-28-31-35-39-43-47-51-55-59-63-74-68(73)62-58-54-50-46-42-38-32-18-16-14-12-10-8-6-4-2/h12,14,18,24,27,32,65-66,70-71H,3-11,13,15-17,19-23,25-26,28-31,33-64H2,1-2H3,(H,69,72)/b14-12-,27-24-,32-18-. The molecule has 0 heterocycles. The smallest absolute Gasteiger partial charge is 0.305 e. The summed E-state index contributed by atoms with van der Waals surface area (Å²) in [5, 5.41) is 23.4. The number of hydrogen-bond acceptors (Lipinski definition) is 5. The van der Waals surface area contributed by atoms with Gasteiger partial charge in [-0.15, -0.1) is 0 Å². The molecule has 0 fully saturated rings. The van der Waals surface area contributed by atoms with Gasteiger partial charge >= 0.3 is 5.97 Å². The molecule has 0 aliphatic carbocycles. The first-order chi connectivity index (χ1) is 36.5. The maximum atomic E-state index is 12.5. The van der Waals surface area contributed by atoms with Crippen LogP contribution < -0.4 is 5.32 Å². The number of unbranched alkanes of at least 4 members (excludes halogenated alkanes) is 45. The summed E-state index contributed by atoms with van der Waals surface area (Å²) in [4.78, 5) is 24.6. The van der Waals surface area contributed by atoms with Gasteiger partial charge < -0.3 is 20.3 Å². The van der Waals surface area contributed by atoms with Gasteiger partial charge in [0, 0.05) is 12.8 Å². The van der Waals surface area contributed by atoms with Crippen molar-refractivity contribution >= 4 is 11.9 Å². The molecule has 0 saturated heterocycles. The number of carbonyl (C=O) groups is 2. The third kappa shape index (κ3) is 59.3. The van der Waals surface area contributed by atoms with Crippen LogP contribution >= 0.6 is 0 Å². The van der Waals surface area contributed by atoms with Gasteiger partial charge in [0.2, 0.25) is 5.91 Å². The van der Waals surface area contributed by atoms with Crippen LogP contribution in [-0.4, -0.2) is 47.4 Å². The van der Waals surface area contributed by atoms with E-state index in [9.17, 15) is 19.8 Å². The van der Waals surface area contributed by atoms with Crippen molar-refractivity contribution in [2.75, 3.05) is 13.2 Å². The number of ether oxygens (including phenoxy) is 1. The van der Waals surface area contributed by atoms with Crippen LogP contribution in [-0.2, 0) is 14.3 Å². The highest BCUT2D eigenvalue weighted by molar-refractivity contribution is 5.76. The summed E-state index contributed by atoms with van der Waals surface area (Å²) in [7, 11) is 0. The van der Waals surface area contributed by atoms with Crippen LogP contribution in [0, 0.1) is 0 Å². The Morgan fingerprint density at radius 1 is 0.378 bits per heavy atom. The average molecular weight is 1040 g/mol. The van der Waals surface area contributed by atoms with Crippen molar-refractivity contribution in [3.8, 4) is 0 Å². The number of allylic oxidation sites excluding steroid dienone is 6. The highest BCUT2D eigenvalue weighted by Gasteiger charge is 2.20. The van der Waals surface area contributed by atoms with E-state index in [2.05, 4.69) is 55.6 Å². The summed E-state index contributed by atoms with van der Waals surface area (Å²) in [6.45, 7) is 4.94. The molecular weight excluding hydrogens is 911 g/mol. The lowest BCUT2D eigenvalue weighted by Crippen LogP contribution is -2.45. The van der Waals surface area contributed by atoms with Gasteiger partial charge in [-0.3, -0.25) is 9.59 Å². The van der Waals surface area contributed by atoms with Gasteiger partial charge in [-0.25, -0.2) is 0 Å². The zero-order chi connectivity index (χ0) is 53.6. The molecule has 0 aromatic heterocycles. The molecule has 0 aromatic rings. The summed E-state index contributed by atoms with van der Waals surface area (Å²) < 4.78 is 5.48. The van der Waals surface area contributed by atoms with Crippen molar-refractivity contribution in [2.24, 2.45) is 0 Å². The second-order valence-corrected chi connectivity index (χ2v) is 22.8. The first-order valence-electron chi connectivity index (χ1n) is 33.2. The highest BCUT2D eigenvalue weighted by atomic mass is 16.5. The summed E-state index contributed by atoms with van der Waals surface area (Å²) >= 11 is 0. The van der Waals surface area contributed by atoms with Gasteiger partial charge in [0.05, 0.1) is 25.4 Å². The number of amides is 1. The van der Waals surface area contributed by atoms with Crippen LogP contribution in [0.25, 0.3) is 0 Å². The molecule has 0 bridgehead atoms. The fraction of sp³-hybridized carbons (Fsp3) is 0.882. The average Bonchev–Trinajstić information content (AvgIpc) is 3.40. The van der Waals surface area contributed by atoms with Crippen LogP contribution in [0.15, 0.2) is 36.5 Å². The van der Waals surface area contributed by atoms with Crippen molar-refractivity contribution in [3.05, 3.63) is 36.5 Å². The topological polar surface area (TPSA) is 95.9 Å². The Bertz CT molecular complexity index is 1200. The Hall–Kier alpha value is -1.92. The van der Waals surface area contributed by atoms with E-state index in [1.54, 1.807) is 0 Å². The number of esters is 1. The molecule has 74 heavy (non-hydrogen) atoms. The van der Waals surface area contributed by atoms with E-state index < -0.39 is 12.1 Å². The van der Waals surface area contributed by atoms with Crippen molar-refractivity contribution in [1.29, 1.82) is 0 Å². The second kappa shape index (κ2) is 63.6. The molecule has 0 aliphatic heterocycles. The SMILES string of the molecule is CCCCC/C=C\C/C=C\CCCCCCCC(=O)OCCCCCCCCCCCCC/C=C\CCCCCCCCCC(=O)NC(CO)C(O)CCCCCCCCCCCCCCCCCCCCCC. The third-order valence-electron chi connectivity index (χ3n) is 15.4. The van der Waals surface area contributed by atoms with Crippen molar-refractivity contribution < 1.29 is 24.5 Å². The molecule has 0 saturated carbocycles. The molecule has 2 atom stereocenters. The van der Waals surface area contributed by atoms with Crippen molar-refractivity contribution in [3.63, 3.8) is 0 Å². The highest BCUT2D eigenvalue weighted by Crippen LogP contribution is 2.18. The first kappa shape index (κ1) is 72.1. The van der Waals surface area contributed by atoms with E-state index in [0.29, 0.717) is 25.9 Å². The number of rotatable bonds is 62. The minimum absolute atomic E-state index is 0.00364. The van der Waals surface area contributed by atoms with E-state index in [4.69, 9.17) is 4.74 Å². The Morgan fingerprint density at radius 2 is 0.676 bits per heavy atom. The Morgan fingerprint density at radius 3 is 1.07 bits per heavy atom. The van der Waals surface area contributed by atoms with E-state index in [-0.39, 0.29) is 18.5 Å². The third-order valence-corrected chi connectivity index (χ3v) is 15.4. The zero-order valence-electron chi connectivity index (χ0n) is 49.8. The Kier molecular flexibility index (Phi) is 62.0. The number of carbonyl (C=O) groups excluding carboxylic acids is 2. The number of aliphatic hydroxyl groups is 2.